The summed E-state index contributed by atoms with van der Waals surface area (Å²) in [6.45, 7) is 8.19. The number of amides is 1. The van der Waals surface area contributed by atoms with Crippen LogP contribution >= 0.6 is 15.9 Å². The minimum atomic E-state index is -0.141. The van der Waals surface area contributed by atoms with E-state index in [1.54, 1.807) is 0 Å². The van der Waals surface area contributed by atoms with Crippen LogP contribution in [0.25, 0.3) is 5.65 Å². The van der Waals surface area contributed by atoms with Crippen molar-refractivity contribution in [2.75, 3.05) is 5.32 Å². The quantitative estimate of drug-likeness (QED) is 0.631. The Bertz CT molecular complexity index is 946. The largest absolute Gasteiger partial charge is 0.320 e. The van der Waals surface area contributed by atoms with Gasteiger partial charge in [-0.25, -0.2) is 4.98 Å². The number of para-hydroxylation sites is 1. The van der Waals surface area contributed by atoms with E-state index < -0.39 is 0 Å². The van der Waals surface area contributed by atoms with Crippen LogP contribution in [0.1, 0.15) is 53.5 Å². The van der Waals surface area contributed by atoms with Gasteiger partial charge in [-0.2, -0.15) is 0 Å². The zero-order valence-electron chi connectivity index (χ0n) is 14.9. The Balaban J connectivity index is 2.04. The minimum Gasteiger partial charge on any atom is -0.320 e. The number of benzene rings is 1. The maximum absolute atomic E-state index is 13.0. The standard InChI is InChI=1S/C20H22BrN3O/c1-5-12(2)16-8-6-7-9-17(16)23-20(25)18-14(4)22-19-13(3)10-15(21)11-24(18)19/h6-12H,5H2,1-4H3,(H,23,25). The highest BCUT2D eigenvalue weighted by Crippen LogP contribution is 2.27. The summed E-state index contributed by atoms with van der Waals surface area (Å²) in [5, 5.41) is 3.08. The number of halogens is 1. The van der Waals surface area contributed by atoms with Gasteiger partial charge in [0.1, 0.15) is 11.3 Å². The van der Waals surface area contributed by atoms with Crippen molar-refractivity contribution >= 4 is 33.2 Å². The van der Waals surface area contributed by atoms with E-state index in [2.05, 4.69) is 46.1 Å². The number of hydrogen-bond acceptors (Lipinski definition) is 2. The molecule has 1 aromatic carbocycles. The predicted molar refractivity (Wildman–Crippen MR) is 105 cm³/mol. The molecule has 0 aliphatic carbocycles. The Morgan fingerprint density at radius 2 is 2.04 bits per heavy atom. The molecule has 3 aromatic rings. The van der Waals surface area contributed by atoms with Gasteiger partial charge in [-0.15, -0.1) is 0 Å². The van der Waals surface area contributed by atoms with Gasteiger partial charge in [-0.1, -0.05) is 32.0 Å². The van der Waals surface area contributed by atoms with Gasteiger partial charge in [0.2, 0.25) is 0 Å². The Morgan fingerprint density at radius 1 is 1.32 bits per heavy atom. The first-order valence-electron chi connectivity index (χ1n) is 8.47. The molecule has 0 fully saturated rings. The maximum atomic E-state index is 13.0. The molecule has 0 aliphatic rings. The lowest BCUT2D eigenvalue weighted by molar-refractivity contribution is 0.102. The molecule has 1 unspecified atom stereocenters. The summed E-state index contributed by atoms with van der Waals surface area (Å²) in [7, 11) is 0. The van der Waals surface area contributed by atoms with E-state index in [-0.39, 0.29) is 5.91 Å². The third-order valence-electron chi connectivity index (χ3n) is 4.61. The minimum absolute atomic E-state index is 0.141. The van der Waals surface area contributed by atoms with Crippen molar-refractivity contribution in [2.24, 2.45) is 0 Å². The summed E-state index contributed by atoms with van der Waals surface area (Å²) in [6, 6.07) is 9.99. The first kappa shape index (κ1) is 17.7. The highest BCUT2D eigenvalue weighted by Gasteiger charge is 2.19. The van der Waals surface area contributed by atoms with Gasteiger partial charge in [0.05, 0.1) is 5.69 Å². The van der Waals surface area contributed by atoms with Crippen LogP contribution in [0.15, 0.2) is 41.0 Å². The van der Waals surface area contributed by atoms with E-state index in [0.29, 0.717) is 11.6 Å². The smallest absolute Gasteiger partial charge is 0.274 e. The number of carbonyl (C=O) groups excluding carboxylic acids is 1. The van der Waals surface area contributed by atoms with Gasteiger partial charge in [0.15, 0.2) is 0 Å². The van der Waals surface area contributed by atoms with Gasteiger partial charge < -0.3 is 5.32 Å². The van der Waals surface area contributed by atoms with Crippen LogP contribution in [0.5, 0.6) is 0 Å². The van der Waals surface area contributed by atoms with Crippen molar-refractivity contribution in [3.8, 4) is 0 Å². The first-order valence-corrected chi connectivity index (χ1v) is 9.26. The summed E-state index contributed by atoms with van der Waals surface area (Å²) in [4.78, 5) is 17.6. The summed E-state index contributed by atoms with van der Waals surface area (Å²) in [5.41, 5.74) is 5.14. The molecule has 1 atom stereocenters. The number of carbonyl (C=O) groups is 1. The van der Waals surface area contributed by atoms with E-state index in [0.717, 1.165) is 39.0 Å². The molecule has 1 amide bonds. The first-order chi connectivity index (χ1) is 11.9. The molecule has 5 heteroatoms. The average Bonchev–Trinajstić information content (AvgIpc) is 2.91. The van der Waals surface area contributed by atoms with Crippen LogP contribution in [-0.4, -0.2) is 15.3 Å². The second-order valence-corrected chi connectivity index (χ2v) is 7.35. The molecule has 25 heavy (non-hydrogen) atoms. The van der Waals surface area contributed by atoms with Gasteiger partial charge in [0, 0.05) is 16.4 Å². The third kappa shape index (κ3) is 3.33. The van der Waals surface area contributed by atoms with Gasteiger partial charge in [0.25, 0.3) is 5.91 Å². The van der Waals surface area contributed by atoms with Crippen LogP contribution in [0.4, 0.5) is 5.69 Å². The lowest BCUT2D eigenvalue weighted by atomic mass is 9.97. The predicted octanol–water partition coefficient (Wildman–Crippen LogP) is 5.48. The SMILES string of the molecule is CCC(C)c1ccccc1NC(=O)c1c(C)nc2c(C)cc(Br)cn12. The number of aryl methyl sites for hydroxylation is 2. The second kappa shape index (κ2) is 7.00. The Hall–Kier alpha value is -2.14. The van der Waals surface area contributed by atoms with Crippen molar-refractivity contribution in [3.05, 3.63) is 63.5 Å². The van der Waals surface area contributed by atoms with E-state index in [1.807, 2.05) is 48.7 Å². The van der Waals surface area contributed by atoms with E-state index in [4.69, 9.17) is 0 Å². The molecule has 0 saturated carbocycles. The average molecular weight is 400 g/mol. The number of nitrogens with one attached hydrogen (secondary N) is 1. The number of anilines is 1. The zero-order chi connectivity index (χ0) is 18.1. The number of fused-ring (bicyclic) bond motifs is 1. The summed E-state index contributed by atoms with van der Waals surface area (Å²) in [5.74, 6) is 0.245. The molecule has 0 aliphatic heterocycles. The van der Waals surface area contributed by atoms with Crippen molar-refractivity contribution < 1.29 is 4.79 Å². The third-order valence-corrected chi connectivity index (χ3v) is 5.05. The highest BCUT2D eigenvalue weighted by atomic mass is 79.9. The number of rotatable bonds is 4. The topological polar surface area (TPSA) is 46.4 Å². The number of aromatic nitrogens is 2. The number of hydrogen-bond donors (Lipinski definition) is 1. The van der Waals surface area contributed by atoms with E-state index in [1.165, 1.54) is 0 Å². The van der Waals surface area contributed by atoms with Gasteiger partial charge >= 0.3 is 0 Å². The molecule has 0 saturated heterocycles. The van der Waals surface area contributed by atoms with Crippen molar-refractivity contribution in [1.29, 1.82) is 0 Å². The fourth-order valence-electron chi connectivity index (χ4n) is 3.10. The Kier molecular flexibility index (Phi) is 4.95. The highest BCUT2D eigenvalue weighted by molar-refractivity contribution is 9.10. The van der Waals surface area contributed by atoms with Crippen LogP contribution < -0.4 is 5.32 Å². The summed E-state index contributed by atoms with van der Waals surface area (Å²) >= 11 is 3.50. The zero-order valence-corrected chi connectivity index (χ0v) is 16.5. The molecule has 0 radical (unpaired) electrons. The molecule has 1 N–H and O–H groups in total. The molecule has 0 spiro atoms. The molecule has 2 heterocycles. The molecule has 2 aromatic heterocycles. The number of pyridine rings is 1. The summed E-state index contributed by atoms with van der Waals surface area (Å²) in [6.07, 6.45) is 2.91. The maximum Gasteiger partial charge on any atom is 0.274 e. The lowest BCUT2D eigenvalue weighted by Gasteiger charge is -2.15. The van der Waals surface area contributed by atoms with Crippen molar-refractivity contribution in [2.45, 2.75) is 40.0 Å². The number of nitrogens with zero attached hydrogens (tertiary/aromatic N) is 2. The molecular formula is C20H22BrN3O. The Morgan fingerprint density at radius 3 is 2.76 bits per heavy atom. The molecule has 3 rings (SSSR count). The fraction of sp³-hybridized carbons (Fsp3) is 0.300. The molecule has 0 bridgehead atoms. The molecule has 130 valence electrons. The second-order valence-electron chi connectivity index (χ2n) is 6.43. The Labute approximate surface area is 156 Å². The van der Waals surface area contributed by atoms with Crippen LogP contribution in [-0.2, 0) is 0 Å². The molecular weight excluding hydrogens is 378 g/mol. The van der Waals surface area contributed by atoms with E-state index >= 15 is 0 Å². The van der Waals surface area contributed by atoms with Crippen LogP contribution in [0.2, 0.25) is 0 Å². The normalized spacial score (nSPS) is 12.4. The van der Waals surface area contributed by atoms with E-state index in [9.17, 15) is 4.79 Å². The van der Waals surface area contributed by atoms with Crippen LogP contribution in [0, 0.1) is 13.8 Å². The summed E-state index contributed by atoms with van der Waals surface area (Å²) < 4.78 is 2.78. The van der Waals surface area contributed by atoms with Crippen molar-refractivity contribution in [1.82, 2.24) is 9.38 Å². The molecule has 4 nitrogen and oxygen atoms in total. The monoisotopic (exact) mass is 399 g/mol. The van der Waals surface area contributed by atoms with Crippen LogP contribution in [0.3, 0.4) is 0 Å². The lowest BCUT2D eigenvalue weighted by Crippen LogP contribution is -2.17. The van der Waals surface area contributed by atoms with Crippen molar-refractivity contribution in [3.63, 3.8) is 0 Å². The van der Waals surface area contributed by atoms with Gasteiger partial charge in [-0.3, -0.25) is 9.20 Å². The van der Waals surface area contributed by atoms with Gasteiger partial charge in [-0.05, 0) is 65.4 Å². The fourth-order valence-corrected chi connectivity index (χ4v) is 3.65. The number of imidazole rings is 1.